The molecule has 3 rings (SSSR count). The van der Waals surface area contributed by atoms with Gasteiger partial charge in [0.05, 0.1) is 6.54 Å². The Morgan fingerprint density at radius 3 is 2.38 bits per heavy atom. The van der Waals surface area contributed by atoms with Crippen LogP contribution in [0.15, 0.2) is 53.5 Å². The van der Waals surface area contributed by atoms with Crippen molar-refractivity contribution < 1.29 is 4.79 Å². The molecule has 1 amide bonds. The van der Waals surface area contributed by atoms with E-state index in [1.54, 1.807) is 7.05 Å². The molecule has 0 spiro atoms. The molecule has 29 heavy (non-hydrogen) atoms. The molecule has 0 N–H and O–H groups in total. The fourth-order valence-electron chi connectivity index (χ4n) is 4.04. The first-order chi connectivity index (χ1) is 14.0. The molecule has 0 radical (unpaired) electrons. The van der Waals surface area contributed by atoms with Gasteiger partial charge in [0.25, 0.3) is 0 Å². The van der Waals surface area contributed by atoms with Gasteiger partial charge in [-0.05, 0) is 60.4 Å². The Morgan fingerprint density at radius 2 is 1.72 bits per heavy atom. The number of hydrogen-bond donors (Lipinski definition) is 0. The highest BCUT2D eigenvalue weighted by Gasteiger charge is 2.23. The molecule has 1 aliphatic rings. The Morgan fingerprint density at radius 1 is 1.03 bits per heavy atom. The van der Waals surface area contributed by atoms with Crippen LogP contribution < -0.4 is 4.90 Å². The highest BCUT2D eigenvalue weighted by atomic mass is 16.2. The second-order valence-corrected chi connectivity index (χ2v) is 8.19. The molecular formula is C25H33N3O. The molecular weight excluding hydrogens is 358 g/mol. The van der Waals surface area contributed by atoms with Crippen molar-refractivity contribution in [3.05, 3.63) is 65.2 Å². The number of aryl methyl sites for hydroxylation is 2. The van der Waals surface area contributed by atoms with Gasteiger partial charge in [-0.3, -0.25) is 9.79 Å². The molecule has 0 saturated heterocycles. The van der Waals surface area contributed by atoms with Crippen molar-refractivity contribution in [1.82, 2.24) is 4.90 Å². The number of amides is 1. The van der Waals surface area contributed by atoms with E-state index in [-0.39, 0.29) is 11.8 Å². The summed E-state index contributed by atoms with van der Waals surface area (Å²) in [5.41, 5.74) is 5.01. The number of hydrogen-bond acceptors (Lipinski definition) is 2. The van der Waals surface area contributed by atoms with Crippen molar-refractivity contribution >= 4 is 17.4 Å². The van der Waals surface area contributed by atoms with Crippen LogP contribution in [0, 0.1) is 0 Å². The number of fused-ring (bicyclic) bond motifs is 1. The Kier molecular flexibility index (Phi) is 7.08. The van der Waals surface area contributed by atoms with Gasteiger partial charge in [-0.15, -0.1) is 0 Å². The molecule has 0 fully saturated rings. The third-order valence-electron chi connectivity index (χ3n) is 5.87. The number of amidine groups is 1. The summed E-state index contributed by atoms with van der Waals surface area (Å²) in [5, 5.41) is 0. The van der Waals surface area contributed by atoms with Crippen LogP contribution in [-0.4, -0.2) is 44.3 Å². The lowest BCUT2D eigenvalue weighted by Gasteiger charge is -2.29. The Balaban J connectivity index is 1.87. The lowest BCUT2D eigenvalue weighted by Crippen LogP contribution is -2.41. The van der Waals surface area contributed by atoms with Crippen molar-refractivity contribution in [2.24, 2.45) is 4.99 Å². The van der Waals surface area contributed by atoms with E-state index in [2.05, 4.69) is 42.2 Å². The molecule has 1 atom stereocenters. The molecule has 1 aliphatic carbocycles. The van der Waals surface area contributed by atoms with Crippen LogP contribution in [0.5, 0.6) is 0 Å². The average molecular weight is 392 g/mol. The Hall–Kier alpha value is -2.62. The Labute approximate surface area is 175 Å². The zero-order chi connectivity index (χ0) is 20.8. The minimum absolute atomic E-state index is 0.139. The predicted octanol–water partition coefficient (Wildman–Crippen LogP) is 4.68. The van der Waals surface area contributed by atoms with E-state index in [9.17, 15) is 4.79 Å². The molecule has 4 nitrogen and oxygen atoms in total. The first-order valence-corrected chi connectivity index (χ1v) is 10.6. The number of aliphatic imine (C=N–C) groups is 1. The van der Waals surface area contributed by atoms with Gasteiger partial charge >= 0.3 is 0 Å². The number of carbonyl (C=O) groups excluding carboxylic acids is 1. The molecule has 2 aromatic carbocycles. The number of nitrogens with zero attached hydrogens (tertiary/aromatic N) is 3. The van der Waals surface area contributed by atoms with Gasteiger partial charge in [-0.25, -0.2) is 0 Å². The highest BCUT2D eigenvalue weighted by Crippen LogP contribution is 2.28. The first kappa shape index (κ1) is 21.1. The smallest absolute Gasteiger partial charge is 0.228 e. The average Bonchev–Trinajstić information content (AvgIpc) is 2.74. The largest absolute Gasteiger partial charge is 0.365 e. The maximum atomic E-state index is 13.4. The second-order valence-electron chi connectivity index (χ2n) is 8.19. The first-order valence-electron chi connectivity index (χ1n) is 10.6. The van der Waals surface area contributed by atoms with E-state index in [0.29, 0.717) is 13.0 Å². The van der Waals surface area contributed by atoms with E-state index >= 15 is 0 Å². The van der Waals surface area contributed by atoms with Crippen LogP contribution in [0.4, 0.5) is 5.69 Å². The topological polar surface area (TPSA) is 35.9 Å². The summed E-state index contributed by atoms with van der Waals surface area (Å²) in [6.45, 7) is 2.61. The van der Waals surface area contributed by atoms with Crippen LogP contribution in [0.25, 0.3) is 0 Å². The fourth-order valence-corrected chi connectivity index (χ4v) is 4.04. The molecule has 2 aromatic rings. The number of anilines is 1. The van der Waals surface area contributed by atoms with Gasteiger partial charge in [0.2, 0.25) is 5.91 Å². The van der Waals surface area contributed by atoms with E-state index in [0.717, 1.165) is 24.4 Å². The zero-order valence-electron chi connectivity index (χ0n) is 18.2. The standard InChI is InChI=1S/C25H33N3O/c1-19(20-10-6-5-7-11-20)16-25(29)28(18-24(26-2)27(3)4)23-15-14-21-12-8-9-13-22(21)17-23/h5-7,10-11,14-15,17,19H,8-9,12-13,16,18H2,1-4H3/t19-/m0/s1. The van der Waals surface area contributed by atoms with Gasteiger partial charge in [-0.1, -0.05) is 43.3 Å². The number of carbonyl (C=O) groups is 1. The third kappa shape index (κ3) is 5.26. The zero-order valence-corrected chi connectivity index (χ0v) is 18.2. The quantitative estimate of drug-likeness (QED) is 0.529. The molecule has 0 bridgehead atoms. The molecule has 0 heterocycles. The van der Waals surface area contributed by atoms with E-state index in [4.69, 9.17) is 0 Å². The number of likely N-dealkylation sites (N-methyl/N-ethyl adjacent to an activating group) is 1. The fraction of sp³-hybridized carbons (Fsp3) is 0.440. The summed E-state index contributed by atoms with van der Waals surface area (Å²) >= 11 is 0. The van der Waals surface area contributed by atoms with Crippen molar-refractivity contribution in [1.29, 1.82) is 0 Å². The minimum Gasteiger partial charge on any atom is -0.365 e. The maximum absolute atomic E-state index is 13.4. The predicted molar refractivity (Wildman–Crippen MR) is 122 cm³/mol. The molecule has 0 aliphatic heterocycles. The van der Waals surface area contributed by atoms with Crippen molar-refractivity contribution in [3.8, 4) is 0 Å². The minimum atomic E-state index is 0.139. The van der Waals surface area contributed by atoms with Gasteiger partial charge < -0.3 is 9.80 Å². The van der Waals surface area contributed by atoms with Crippen molar-refractivity contribution in [2.45, 2.75) is 44.9 Å². The van der Waals surface area contributed by atoms with E-state index < -0.39 is 0 Å². The van der Waals surface area contributed by atoms with Gasteiger partial charge in [0.15, 0.2) is 0 Å². The molecule has 0 saturated carbocycles. The van der Waals surface area contributed by atoms with Gasteiger partial charge in [0.1, 0.15) is 5.84 Å². The van der Waals surface area contributed by atoms with Crippen LogP contribution in [0.3, 0.4) is 0 Å². The lowest BCUT2D eigenvalue weighted by molar-refractivity contribution is -0.118. The third-order valence-corrected chi connectivity index (χ3v) is 5.87. The monoisotopic (exact) mass is 391 g/mol. The lowest BCUT2D eigenvalue weighted by atomic mass is 9.91. The van der Waals surface area contributed by atoms with Crippen molar-refractivity contribution in [2.75, 3.05) is 32.6 Å². The normalized spacial score (nSPS) is 14.8. The molecule has 0 aromatic heterocycles. The van der Waals surface area contributed by atoms with E-state index in [1.807, 2.05) is 42.1 Å². The second kappa shape index (κ2) is 9.73. The number of benzene rings is 2. The van der Waals surface area contributed by atoms with Gasteiger partial charge in [-0.2, -0.15) is 0 Å². The summed E-state index contributed by atoms with van der Waals surface area (Å²) in [6, 6.07) is 16.8. The summed E-state index contributed by atoms with van der Waals surface area (Å²) in [7, 11) is 5.74. The Bertz CT molecular complexity index is 858. The van der Waals surface area contributed by atoms with Gasteiger partial charge in [0, 0.05) is 33.3 Å². The molecule has 154 valence electrons. The van der Waals surface area contributed by atoms with Crippen LogP contribution in [-0.2, 0) is 17.6 Å². The van der Waals surface area contributed by atoms with Crippen LogP contribution in [0.2, 0.25) is 0 Å². The SMILES string of the molecule is CN=C(CN(C(=O)C[C@H](C)c1ccccc1)c1ccc2c(c1)CCCC2)N(C)C. The maximum Gasteiger partial charge on any atom is 0.228 e. The summed E-state index contributed by atoms with van der Waals surface area (Å²) in [4.78, 5) is 21.7. The molecule has 4 heteroatoms. The van der Waals surface area contributed by atoms with Crippen LogP contribution in [0.1, 0.15) is 48.8 Å². The highest BCUT2D eigenvalue weighted by molar-refractivity contribution is 6.00. The van der Waals surface area contributed by atoms with Crippen LogP contribution >= 0.6 is 0 Å². The molecule has 0 unspecified atom stereocenters. The summed E-state index contributed by atoms with van der Waals surface area (Å²) < 4.78 is 0. The summed E-state index contributed by atoms with van der Waals surface area (Å²) in [5.74, 6) is 1.20. The van der Waals surface area contributed by atoms with Crippen molar-refractivity contribution in [3.63, 3.8) is 0 Å². The van der Waals surface area contributed by atoms with E-state index in [1.165, 1.54) is 29.5 Å². The number of rotatable bonds is 6. The summed E-state index contributed by atoms with van der Waals surface area (Å²) in [6.07, 6.45) is 5.22.